The molecule has 0 aliphatic heterocycles. The monoisotopic (exact) mass is 225 g/mol. The summed E-state index contributed by atoms with van der Waals surface area (Å²) < 4.78 is 4.83. The predicted octanol–water partition coefficient (Wildman–Crippen LogP) is 2.64. The highest BCUT2D eigenvalue weighted by Crippen LogP contribution is 2.02. The number of amides is 1. The first kappa shape index (κ1) is 14.6. The lowest BCUT2D eigenvalue weighted by Gasteiger charge is -2.04. The van der Waals surface area contributed by atoms with Gasteiger partial charge in [-0.25, -0.2) is 0 Å². The van der Waals surface area contributed by atoms with Crippen LogP contribution < -0.4 is 5.32 Å². The third kappa shape index (κ3) is 5.51. The van der Waals surface area contributed by atoms with Crippen molar-refractivity contribution in [2.45, 2.75) is 20.8 Å². The van der Waals surface area contributed by atoms with Gasteiger partial charge in [0.1, 0.15) is 0 Å². The quantitative estimate of drug-likeness (QED) is 0.800. The summed E-state index contributed by atoms with van der Waals surface area (Å²) >= 11 is 0. The molecule has 16 heavy (non-hydrogen) atoms. The Hall–Kier alpha value is -1.35. The lowest BCUT2D eigenvalue weighted by molar-refractivity contribution is 0.0937. The first-order valence-corrected chi connectivity index (χ1v) is 5.58. The molecular formula is C13H23NO2. The van der Waals surface area contributed by atoms with E-state index >= 15 is 0 Å². The van der Waals surface area contributed by atoms with Crippen molar-refractivity contribution < 1.29 is 11.0 Å². The predicted molar refractivity (Wildman–Crippen MR) is 68.9 cm³/mol. The molecule has 1 N–H and O–H groups in total. The fraction of sp³-hybridized carbons (Fsp3) is 0.462. The van der Waals surface area contributed by atoms with Crippen molar-refractivity contribution in [3.8, 4) is 0 Å². The zero-order valence-electron chi connectivity index (χ0n) is 10.5. The SMILES string of the molecule is CC.COCCNC(=O)c1ccc(C)cc1.[HH]. The van der Waals surface area contributed by atoms with Crippen molar-refractivity contribution in [2.75, 3.05) is 20.3 Å². The van der Waals surface area contributed by atoms with E-state index in [9.17, 15) is 4.79 Å². The second-order valence-electron chi connectivity index (χ2n) is 3.11. The Morgan fingerprint density at radius 1 is 1.31 bits per heavy atom. The molecule has 0 aliphatic carbocycles. The van der Waals surface area contributed by atoms with Gasteiger partial charge >= 0.3 is 0 Å². The number of benzene rings is 1. The van der Waals surface area contributed by atoms with E-state index in [1.807, 2.05) is 45.0 Å². The van der Waals surface area contributed by atoms with Gasteiger partial charge in [-0.3, -0.25) is 4.79 Å². The second kappa shape index (κ2) is 8.92. The number of carbonyl (C=O) groups excluding carboxylic acids is 1. The summed E-state index contributed by atoms with van der Waals surface area (Å²) in [6.45, 7) is 7.08. The van der Waals surface area contributed by atoms with Gasteiger partial charge in [-0.15, -0.1) is 0 Å². The van der Waals surface area contributed by atoms with E-state index in [2.05, 4.69) is 5.32 Å². The van der Waals surface area contributed by atoms with E-state index in [1.165, 1.54) is 0 Å². The smallest absolute Gasteiger partial charge is 0.251 e. The van der Waals surface area contributed by atoms with Crippen LogP contribution in [0, 0.1) is 6.92 Å². The number of ether oxygens (including phenoxy) is 1. The molecule has 0 unspecified atom stereocenters. The number of methoxy groups -OCH3 is 1. The van der Waals surface area contributed by atoms with Crippen molar-refractivity contribution in [1.29, 1.82) is 0 Å². The van der Waals surface area contributed by atoms with Crippen LogP contribution in [0.3, 0.4) is 0 Å². The zero-order chi connectivity index (χ0) is 12.4. The van der Waals surface area contributed by atoms with E-state index < -0.39 is 0 Å². The molecule has 0 aliphatic rings. The van der Waals surface area contributed by atoms with E-state index in [-0.39, 0.29) is 7.33 Å². The van der Waals surface area contributed by atoms with Gasteiger partial charge < -0.3 is 10.1 Å². The van der Waals surface area contributed by atoms with Crippen LogP contribution >= 0.6 is 0 Å². The minimum Gasteiger partial charge on any atom is -0.383 e. The normalized spacial score (nSPS) is 9.00. The minimum absolute atomic E-state index is 0. The molecule has 1 aromatic rings. The highest BCUT2D eigenvalue weighted by Gasteiger charge is 2.02. The zero-order valence-corrected chi connectivity index (χ0v) is 10.5. The molecule has 0 saturated heterocycles. The molecular weight excluding hydrogens is 202 g/mol. The van der Waals surface area contributed by atoms with Crippen LogP contribution in [0.25, 0.3) is 0 Å². The van der Waals surface area contributed by atoms with Crippen molar-refractivity contribution in [2.24, 2.45) is 0 Å². The maximum absolute atomic E-state index is 11.5. The van der Waals surface area contributed by atoms with Crippen molar-refractivity contribution in [3.05, 3.63) is 35.4 Å². The number of hydrogen-bond donors (Lipinski definition) is 1. The molecule has 0 saturated carbocycles. The van der Waals surface area contributed by atoms with Crippen molar-refractivity contribution in [1.82, 2.24) is 5.32 Å². The largest absolute Gasteiger partial charge is 0.383 e. The van der Waals surface area contributed by atoms with Crippen molar-refractivity contribution >= 4 is 5.91 Å². The average molecular weight is 225 g/mol. The van der Waals surface area contributed by atoms with Gasteiger partial charge in [0.15, 0.2) is 0 Å². The van der Waals surface area contributed by atoms with E-state index in [0.717, 1.165) is 5.56 Å². The van der Waals surface area contributed by atoms with Crippen LogP contribution in [0.15, 0.2) is 24.3 Å². The maximum atomic E-state index is 11.5. The van der Waals surface area contributed by atoms with Gasteiger partial charge in [0.25, 0.3) is 5.91 Å². The Morgan fingerprint density at radius 2 is 1.88 bits per heavy atom. The Kier molecular flexibility index (Phi) is 8.17. The summed E-state index contributed by atoms with van der Waals surface area (Å²) in [5, 5.41) is 2.76. The van der Waals surface area contributed by atoms with Crippen LogP contribution in [0.5, 0.6) is 0 Å². The van der Waals surface area contributed by atoms with Crippen LogP contribution in [0.4, 0.5) is 0 Å². The van der Waals surface area contributed by atoms with E-state index in [0.29, 0.717) is 18.7 Å². The third-order valence-corrected chi connectivity index (χ3v) is 1.91. The molecule has 1 rings (SSSR count). The first-order valence-electron chi connectivity index (χ1n) is 5.58. The average Bonchev–Trinajstić information content (AvgIpc) is 2.33. The Morgan fingerprint density at radius 3 is 2.38 bits per heavy atom. The van der Waals surface area contributed by atoms with Crippen LogP contribution in [-0.4, -0.2) is 26.2 Å². The topological polar surface area (TPSA) is 38.3 Å². The third-order valence-electron chi connectivity index (χ3n) is 1.91. The highest BCUT2D eigenvalue weighted by molar-refractivity contribution is 5.94. The molecule has 0 atom stereocenters. The minimum atomic E-state index is -0.0537. The molecule has 1 amide bonds. The number of aryl methyl sites for hydroxylation is 1. The molecule has 1 aromatic carbocycles. The number of hydrogen-bond acceptors (Lipinski definition) is 2. The lowest BCUT2D eigenvalue weighted by atomic mass is 10.1. The molecule has 0 fully saturated rings. The molecule has 92 valence electrons. The highest BCUT2D eigenvalue weighted by atomic mass is 16.5. The van der Waals surface area contributed by atoms with Crippen LogP contribution in [-0.2, 0) is 4.74 Å². The summed E-state index contributed by atoms with van der Waals surface area (Å²) in [6, 6.07) is 7.48. The fourth-order valence-electron chi connectivity index (χ4n) is 1.07. The summed E-state index contributed by atoms with van der Waals surface area (Å²) in [5.74, 6) is -0.0537. The Labute approximate surface area is 99.3 Å². The Bertz CT molecular complexity index is 299. The number of rotatable bonds is 4. The van der Waals surface area contributed by atoms with Gasteiger partial charge in [0.05, 0.1) is 6.61 Å². The number of nitrogens with one attached hydrogen (secondary N) is 1. The first-order chi connectivity index (χ1) is 7.74. The van der Waals surface area contributed by atoms with E-state index in [1.54, 1.807) is 7.11 Å². The standard InChI is InChI=1S/C11H15NO2.C2H6.H2/c1-9-3-5-10(6-4-9)11(13)12-7-8-14-2;1-2;/h3-6H,7-8H2,1-2H3,(H,12,13);1-2H3;1H. The molecule has 3 nitrogen and oxygen atoms in total. The van der Waals surface area contributed by atoms with Crippen LogP contribution in [0.2, 0.25) is 0 Å². The summed E-state index contributed by atoms with van der Waals surface area (Å²) in [6.07, 6.45) is 0. The van der Waals surface area contributed by atoms with Gasteiger partial charge in [-0.2, -0.15) is 0 Å². The molecule has 3 heteroatoms. The fourth-order valence-corrected chi connectivity index (χ4v) is 1.07. The summed E-state index contributed by atoms with van der Waals surface area (Å²) in [5.41, 5.74) is 1.84. The summed E-state index contributed by atoms with van der Waals surface area (Å²) in [7, 11) is 1.61. The maximum Gasteiger partial charge on any atom is 0.251 e. The van der Waals surface area contributed by atoms with Gasteiger partial charge in [0, 0.05) is 20.6 Å². The molecule has 0 bridgehead atoms. The van der Waals surface area contributed by atoms with Gasteiger partial charge in [-0.05, 0) is 19.1 Å². The van der Waals surface area contributed by atoms with Crippen LogP contribution in [0.1, 0.15) is 31.2 Å². The molecule has 0 radical (unpaired) electrons. The van der Waals surface area contributed by atoms with Gasteiger partial charge in [0.2, 0.25) is 0 Å². The van der Waals surface area contributed by atoms with E-state index in [4.69, 9.17) is 4.74 Å². The summed E-state index contributed by atoms with van der Waals surface area (Å²) in [4.78, 5) is 11.5. The molecule has 0 spiro atoms. The second-order valence-corrected chi connectivity index (χ2v) is 3.11. The van der Waals surface area contributed by atoms with Crippen molar-refractivity contribution in [3.63, 3.8) is 0 Å². The molecule has 0 heterocycles. The Balaban J connectivity index is 0. The van der Waals surface area contributed by atoms with Gasteiger partial charge in [-0.1, -0.05) is 31.5 Å². The number of carbonyl (C=O) groups is 1. The lowest BCUT2D eigenvalue weighted by Crippen LogP contribution is -2.26. The molecule has 0 aromatic heterocycles.